The van der Waals surface area contributed by atoms with Crippen molar-refractivity contribution in [2.75, 3.05) is 7.11 Å². The summed E-state index contributed by atoms with van der Waals surface area (Å²) in [6.45, 7) is 3.14. The predicted octanol–water partition coefficient (Wildman–Crippen LogP) is -0.654. The topological polar surface area (TPSA) is 148 Å². The zero-order chi connectivity index (χ0) is 16.6. The van der Waals surface area contributed by atoms with Crippen LogP contribution >= 0.6 is 0 Å². The number of carboxylic acid groups (broad SMARTS) is 1. The number of carbonyl (C=O) groups is 4. The molecule has 21 heavy (non-hydrogen) atoms. The van der Waals surface area contributed by atoms with E-state index in [-0.39, 0.29) is 19.3 Å². The van der Waals surface area contributed by atoms with Crippen LogP contribution in [0.5, 0.6) is 0 Å². The average Bonchev–Trinajstić information content (AvgIpc) is 2.30. The summed E-state index contributed by atoms with van der Waals surface area (Å²) in [7, 11) is 1.19. The summed E-state index contributed by atoms with van der Waals surface area (Å²) < 4.78 is 4.40. The van der Waals surface area contributed by atoms with Crippen molar-refractivity contribution in [3.63, 3.8) is 0 Å². The second kappa shape index (κ2) is 8.08. The van der Waals surface area contributed by atoms with Crippen molar-refractivity contribution in [3.05, 3.63) is 0 Å². The Kier molecular flexibility index (Phi) is 7.18. The molecular formula is C12H21N3O6. The van der Waals surface area contributed by atoms with E-state index in [0.29, 0.717) is 0 Å². The van der Waals surface area contributed by atoms with Crippen molar-refractivity contribution < 1.29 is 29.0 Å². The lowest BCUT2D eigenvalue weighted by Crippen LogP contribution is -2.53. The molecule has 1 atom stereocenters. The number of carbonyl (C=O) groups excluding carboxylic acids is 3. The highest BCUT2D eigenvalue weighted by atomic mass is 16.5. The van der Waals surface area contributed by atoms with E-state index in [1.54, 1.807) is 13.8 Å². The van der Waals surface area contributed by atoms with E-state index in [1.807, 2.05) is 0 Å². The second-order valence-corrected chi connectivity index (χ2v) is 5.13. The standard InChI is InChI=1S/C12H21N3O6/c1-12(2,6-8(13)16)15-11(20)14-7(10(18)19)4-5-9(17)21-3/h7H,4-6H2,1-3H3,(H2,13,16)(H,18,19)(H2,14,15,20)/t7-/m0/s1. The van der Waals surface area contributed by atoms with E-state index in [0.717, 1.165) is 0 Å². The highest BCUT2D eigenvalue weighted by Crippen LogP contribution is 2.07. The summed E-state index contributed by atoms with van der Waals surface area (Å²) in [5.74, 6) is -2.44. The number of hydrogen-bond donors (Lipinski definition) is 4. The maximum atomic E-state index is 11.7. The van der Waals surface area contributed by atoms with Gasteiger partial charge in [-0.25, -0.2) is 9.59 Å². The Morgan fingerprint density at radius 2 is 1.86 bits per heavy atom. The zero-order valence-electron chi connectivity index (χ0n) is 12.3. The molecule has 0 aromatic heterocycles. The van der Waals surface area contributed by atoms with Gasteiger partial charge in [0.05, 0.1) is 7.11 Å². The van der Waals surface area contributed by atoms with Crippen molar-refractivity contribution in [3.8, 4) is 0 Å². The number of esters is 1. The number of methoxy groups -OCH3 is 1. The molecule has 0 bridgehead atoms. The van der Waals surface area contributed by atoms with Gasteiger partial charge >= 0.3 is 18.0 Å². The molecule has 0 aromatic carbocycles. The molecule has 5 N–H and O–H groups in total. The molecule has 9 heteroatoms. The number of carboxylic acids is 1. The molecule has 0 unspecified atom stereocenters. The Morgan fingerprint density at radius 3 is 2.29 bits per heavy atom. The van der Waals surface area contributed by atoms with Gasteiger partial charge in [-0.1, -0.05) is 0 Å². The van der Waals surface area contributed by atoms with Gasteiger partial charge in [0.15, 0.2) is 0 Å². The zero-order valence-corrected chi connectivity index (χ0v) is 12.3. The predicted molar refractivity (Wildman–Crippen MR) is 72.2 cm³/mol. The van der Waals surface area contributed by atoms with Crippen LogP contribution in [0.25, 0.3) is 0 Å². The van der Waals surface area contributed by atoms with Crippen LogP contribution in [-0.2, 0) is 19.1 Å². The average molecular weight is 303 g/mol. The molecule has 0 saturated heterocycles. The van der Waals surface area contributed by atoms with Gasteiger partial charge in [-0.3, -0.25) is 9.59 Å². The highest BCUT2D eigenvalue weighted by Gasteiger charge is 2.26. The number of amides is 3. The Morgan fingerprint density at radius 1 is 1.29 bits per heavy atom. The largest absolute Gasteiger partial charge is 0.480 e. The first-order chi connectivity index (χ1) is 9.57. The van der Waals surface area contributed by atoms with Crippen molar-refractivity contribution in [2.45, 2.75) is 44.7 Å². The van der Waals surface area contributed by atoms with E-state index >= 15 is 0 Å². The number of hydrogen-bond acceptors (Lipinski definition) is 5. The highest BCUT2D eigenvalue weighted by molar-refractivity contribution is 5.84. The number of primary amides is 1. The van der Waals surface area contributed by atoms with Crippen molar-refractivity contribution in [1.29, 1.82) is 0 Å². The van der Waals surface area contributed by atoms with Gasteiger partial charge < -0.3 is 26.2 Å². The maximum absolute atomic E-state index is 11.7. The van der Waals surface area contributed by atoms with E-state index in [2.05, 4.69) is 15.4 Å². The third kappa shape index (κ3) is 8.45. The number of aliphatic carboxylic acids is 1. The molecule has 0 aromatic rings. The Bertz CT molecular complexity index is 421. The summed E-state index contributed by atoms with van der Waals surface area (Å²) in [5, 5.41) is 13.6. The van der Waals surface area contributed by atoms with Crippen LogP contribution < -0.4 is 16.4 Å². The second-order valence-electron chi connectivity index (χ2n) is 5.13. The monoisotopic (exact) mass is 303 g/mol. The quantitative estimate of drug-likeness (QED) is 0.438. The summed E-state index contributed by atoms with van der Waals surface area (Å²) in [6, 6.07) is -2.01. The smallest absolute Gasteiger partial charge is 0.326 e. The molecule has 0 heterocycles. The summed E-state index contributed by atoms with van der Waals surface area (Å²) >= 11 is 0. The molecule has 0 aliphatic carbocycles. The molecule has 3 amide bonds. The summed E-state index contributed by atoms with van der Waals surface area (Å²) in [6.07, 6.45) is -0.343. The fraction of sp³-hybridized carbons (Fsp3) is 0.667. The van der Waals surface area contributed by atoms with Crippen LogP contribution in [0.1, 0.15) is 33.1 Å². The summed E-state index contributed by atoms with van der Waals surface area (Å²) in [4.78, 5) is 44.5. The van der Waals surface area contributed by atoms with Crippen molar-refractivity contribution >= 4 is 23.9 Å². The molecule has 0 aliphatic rings. The minimum absolute atomic E-state index is 0.0969. The molecule has 0 spiro atoms. The molecule has 9 nitrogen and oxygen atoms in total. The minimum Gasteiger partial charge on any atom is -0.480 e. The third-order valence-electron chi connectivity index (χ3n) is 2.54. The molecule has 0 radical (unpaired) electrons. The number of rotatable bonds is 8. The molecule has 0 saturated carbocycles. The fourth-order valence-corrected chi connectivity index (χ4v) is 1.60. The van der Waals surface area contributed by atoms with E-state index in [9.17, 15) is 19.2 Å². The van der Waals surface area contributed by atoms with Gasteiger partial charge in [0.1, 0.15) is 6.04 Å². The molecule has 0 aliphatic heterocycles. The van der Waals surface area contributed by atoms with Crippen LogP contribution in [0.2, 0.25) is 0 Å². The van der Waals surface area contributed by atoms with Crippen LogP contribution in [0.3, 0.4) is 0 Å². The number of urea groups is 1. The lowest BCUT2D eigenvalue weighted by atomic mass is 10.0. The lowest BCUT2D eigenvalue weighted by Gasteiger charge is -2.26. The van der Waals surface area contributed by atoms with Crippen molar-refractivity contribution in [1.82, 2.24) is 10.6 Å². The molecule has 0 rings (SSSR count). The van der Waals surface area contributed by atoms with E-state index < -0.39 is 35.5 Å². The first-order valence-electron chi connectivity index (χ1n) is 6.24. The Hall–Kier alpha value is -2.32. The van der Waals surface area contributed by atoms with Gasteiger partial charge in [-0.05, 0) is 20.3 Å². The van der Waals surface area contributed by atoms with Gasteiger partial charge in [-0.2, -0.15) is 0 Å². The fourth-order valence-electron chi connectivity index (χ4n) is 1.60. The number of nitrogens with two attached hydrogens (primary N) is 1. The normalized spacial score (nSPS) is 12.1. The molecule has 0 fully saturated rings. The molecule has 120 valence electrons. The Labute approximate surface area is 122 Å². The summed E-state index contributed by atoms with van der Waals surface area (Å²) in [5.41, 5.74) is 4.13. The van der Waals surface area contributed by atoms with E-state index in [1.165, 1.54) is 7.11 Å². The van der Waals surface area contributed by atoms with Crippen LogP contribution in [0.15, 0.2) is 0 Å². The van der Waals surface area contributed by atoms with Crippen LogP contribution in [-0.4, -0.2) is 47.7 Å². The number of ether oxygens (including phenoxy) is 1. The van der Waals surface area contributed by atoms with Crippen molar-refractivity contribution in [2.24, 2.45) is 5.73 Å². The number of nitrogens with one attached hydrogen (secondary N) is 2. The maximum Gasteiger partial charge on any atom is 0.326 e. The molecular weight excluding hydrogens is 282 g/mol. The van der Waals surface area contributed by atoms with Gasteiger partial charge in [0.2, 0.25) is 5.91 Å². The van der Waals surface area contributed by atoms with Crippen LogP contribution in [0.4, 0.5) is 4.79 Å². The first-order valence-corrected chi connectivity index (χ1v) is 6.24. The minimum atomic E-state index is -1.28. The van der Waals surface area contributed by atoms with E-state index in [4.69, 9.17) is 10.8 Å². The lowest BCUT2D eigenvalue weighted by molar-refractivity contribution is -0.142. The van der Waals surface area contributed by atoms with Gasteiger partial charge in [-0.15, -0.1) is 0 Å². The van der Waals surface area contributed by atoms with Gasteiger partial charge in [0.25, 0.3) is 0 Å². The SMILES string of the molecule is COC(=O)CC[C@H](NC(=O)NC(C)(C)CC(N)=O)C(=O)O. The Balaban J connectivity index is 4.51. The first kappa shape index (κ1) is 18.7. The third-order valence-corrected chi connectivity index (χ3v) is 2.54. The van der Waals surface area contributed by atoms with Gasteiger partial charge in [0, 0.05) is 18.4 Å². The van der Waals surface area contributed by atoms with Crippen LogP contribution in [0, 0.1) is 0 Å².